The number of methoxy groups -OCH3 is 1. The van der Waals surface area contributed by atoms with Crippen LogP contribution in [0.3, 0.4) is 0 Å². The van der Waals surface area contributed by atoms with Crippen molar-refractivity contribution < 1.29 is 19.1 Å². The molecule has 2 amide bonds. The third kappa shape index (κ3) is 6.07. The van der Waals surface area contributed by atoms with Gasteiger partial charge in [-0.25, -0.2) is 0 Å². The SMILES string of the molecule is COc1cc(C(=O)N2CCNC(C)C2)ccc1OCC(=O)NC(C)C.Cl. The second kappa shape index (κ2) is 10.2. The number of rotatable bonds is 6. The first-order valence-electron chi connectivity index (χ1n) is 8.53. The summed E-state index contributed by atoms with van der Waals surface area (Å²) >= 11 is 0. The Morgan fingerprint density at radius 1 is 1.35 bits per heavy atom. The number of halogens is 1. The molecule has 7 nitrogen and oxygen atoms in total. The molecule has 1 unspecified atom stereocenters. The molecule has 0 spiro atoms. The molecule has 0 saturated carbocycles. The minimum atomic E-state index is -0.202. The van der Waals surface area contributed by atoms with Crippen LogP contribution in [0.1, 0.15) is 31.1 Å². The van der Waals surface area contributed by atoms with Gasteiger partial charge in [0.1, 0.15) is 0 Å². The third-order valence-electron chi connectivity index (χ3n) is 3.87. The van der Waals surface area contributed by atoms with Crippen LogP contribution in [0.2, 0.25) is 0 Å². The molecule has 8 heteroatoms. The molecule has 2 N–H and O–H groups in total. The summed E-state index contributed by atoms with van der Waals surface area (Å²) in [5, 5.41) is 6.07. The summed E-state index contributed by atoms with van der Waals surface area (Å²) in [6.45, 7) is 7.87. The van der Waals surface area contributed by atoms with Crippen molar-refractivity contribution in [3.05, 3.63) is 23.8 Å². The van der Waals surface area contributed by atoms with E-state index in [1.807, 2.05) is 18.7 Å². The van der Waals surface area contributed by atoms with Gasteiger partial charge in [-0.1, -0.05) is 0 Å². The molecule has 1 heterocycles. The van der Waals surface area contributed by atoms with Crippen LogP contribution in [0.5, 0.6) is 11.5 Å². The number of hydrogen-bond donors (Lipinski definition) is 2. The third-order valence-corrected chi connectivity index (χ3v) is 3.87. The Bertz CT molecular complexity index is 624. The summed E-state index contributed by atoms with van der Waals surface area (Å²) in [6.07, 6.45) is 0. The fourth-order valence-corrected chi connectivity index (χ4v) is 2.73. The summed E-state index contributed by atoms with van der Waals surface area (Å²) in [5.74, 6) is 0.640. The van der Waals surface area contributed by atoms with Gasteiger partial charge in [0.15, 0.2) is 18.1 Å². The van der Waals surface area contributed by atoms with Gasteiger partial charge >= 0.3 is 0 Å². The van der Waals surface area contributed by atoms with E-state index in [2.05, 4.69) is 17.6 Å². The average Bonchev–Trinajstić information content (AvgIpc) is 2.58. The zero-order valence-electron chi connectivity index (χ0n) is 15.7. The van der Waals surface area contributed by atoms with Gasteiger partial charge in [-0.15, -0.1) is 12.4 Å². The first-order chi connectivity index (χ1) is 11.9. The summed E-state index contributed by atoms with van der Waals surface area (Å²) in [6, 6.07) is 5.36. The van der Waals surface area contributed by atoms with Crippen molar-refractivity contribution in [1.29, 1.82) is 0 Å². The highest BCUT2D eigenvalue weighted by Crippen LogP contribution is 2.28. The number of nitrogens with one attached hydrogen (secondary N) is 2. The van der Waals surface area contributed by atoms with Crippen LogP contribution in [0.15, 0.2) is 18.2 Å². The zero-order valence-corrected chi connectivity index (χ0v) is 16.5. The van der Waals surface area contributed by atoms with E-state index in [1.54, 1.807) is 18.2 Å². The van der Waals surface area contributed by atoms with Crippen LogP contribution >= 0.6 is 12.4 Å². The molecule has 0 radical (unpaired) electrons. The van der Waals surface area contributed by atoms with Crippen LogP contribution < -0.4 is 20.1 Å². The molecular weight excluding hydrogens is 358 g/mol. The number of benzene rings is 1. The normalized spacial score (nSPS) is 16.7. The van der Waals surface area contributed by atoms with Crippen molar-refractivity contribution in [2.45, 2.75) is 32.9 Å². The number of nitrogens with zero attached hydrogens (tertiary/aromatic N) is 1. The lowest BCUT2D eigenvalue weighted by Crippen LogP contribution is -2.51. The lowest BCUT2D eigenvalue weighted by atomic mass is 10.1. The fraction of sp³-hybridized carbons (Fsp3) is 0.556. The van der Waals surface area contributed by atoms with Crippen molar-refractivity contribution in [2.75, 3.05) is 33.4 Å². The Morgan fingerprint density at radius 3 is 2.69 bits per heavy atom. The molecule has 1 atom stereocenters. The first kappa shape index (κ1) is 22.1. The van der Waals surface area contributed by atoms with E-state index < -0.39 is 0 Å². The maximum absolute atomic E-state index is 12.6. The summed E-state index contributed by atoms with van der Waals surface area (Å²) in [7, 11) is 1.51. The molecule has 0 aliphatic carbocycles. The molecule has 1 aliphatic rings. The van der Waals surface area contributed by atoms with Gasteiger partial charge in [0, 0.05) is 37.3 Å². The van der Waals surface area contributed by atoms with Crippen LogP contribution in [0.4, 0.5) is 0 Å². The Labute approximate surface area is 160 Å². The monoisotopic (exact) mass is 385 g/mol. The van der Waals surface area contributed by atoms with E-state index in [0.29, 0.717) is 30.2 Å². The Morgan fingerprint density at radius 2 is 2.08 bits per heavy atom. The van der Waals surface area contributed by atoms with E-state index in [0.717, 1.165) is 6.54 Å². The maximum atomic E-state index is 12.6. The number of hydrogen-bond acceptors (Lipinski definition) is 5. The maximum Gasteiger partial charge on any atom is 0.258 e. The molecule has 1 aliphatic heterocycles. The van der Waals surface area contributed by atoms with E-state index in [4.69, 9.17) is 9.47 Å². The second-order valence-electron chi connectivity index (χ2n) is 6.48. The molecular formula is C18H28ClN3O4. The van der Waals surface area contributed by atoms with Gasteiger partial charge in [0.2, 0.25) is 0 Å². The van der Waals surface area contributed by atoms with Crippen molar-refractivity contribution in [3.8, 4) is 11.5 Å². The quantitative estimate of drug-likeness (QED) is 0.774. The largest absolute Gasteiger partial charge is 0.493 e. The highest BCUT2D eigenvalue weighted by atomic mass is 35.5. The molecule has 1 aromatic rings. The van der Waals surface area contributed by atoms with Crippen molar-refractivity contribution in [3.63, 3.8) is 0 Å². The van der Waals surface area contributed by atoms with Crippen molar-refractivity contribution in [2.24, 2.45) is 0 Å². The molecule has 0 bridgehead atoms. The van der Waals surface area contributed by atoms with Crippen LogP contribution in [0.25, 0.3) is 0 Å². The lowest BCUT2D eigenvalue weighted by Gasteiger charge is -2.32. The van der Waals surface area contributed by atoms with E-state index >= 15 is 0 Å². The summed E-state index contributed by atoms with van der Waals surface area (Å²) in [5.41, 5.74) is 0.546. The van der Waals surface area contributed by atoms with Gasteiger partial charge in [0.25, 0.3) is 11.8 Å². The second-order valence-corrected chi connectivity index (χ2v) is 6.48. The minimum Gasteiger partial charge on any atom is -0.493 e. The van der Waals surface area contributed by atoms with Crippen molar-refractivity contribution in [1.82, 2.24) is 15.5 Å². The molecule has 1 saturated heterocycles. The molecule has 26 heavy (non-hydrogen) atoms. The summed E-state index contributed by atoms with van der Waals surface area (Å²) in [4.78, 5) is 26.2. The minimum absolute atomic E-state index is 0. The van der Waals surface area contributed by atoms with Crippen molar-refractivity contribution >= 4 is 24.2 Å². The van der Waals surface area contributed by atoms with Gasteiger partial charge in [-0.2, -0.15) is 0 Å². The van der Waals surface area contributed by atoms with Crippen LogP contribution in [0, 0.1) is 0 Å². The molecule has 1 aromatic carbocycles. The van der Waals surface area contributed by atoms with Gasteiger partial charge in [-0.05, 0) is 39.0 Å². The number of carbonyl (C=O) groups is 2. The Hall–Kier alpha value is -1.99. The average molecular weight is 386 g/mol. The predicted octanol–water partition coefficient (Wildman–Crippen LogP) is 1.45. The number of amides is 2. The molecule has 2 rings (SSSR count). The predicted molar refractivity (Wildman–Crippen MR) is 102 cm³/mol. The lowest BCUT2D eigenvalue weighted by molar-refractivity contribution is -0.123. The number of ether oxygens (including phenoxy) is 2. The standard InChI is InChI=1S/C18H27N3O4.ClH/c1-12(2)20-17(22)11-25-15-6-5-14(9-16(15)24-4)18(23)21-8-7-19-13(3)10-21;/h5-6,9,12-13,19H,7-8,10-11H2,1-4H3,(H,20,22);1H. The Balaban J connectivity index is 0.00000338. The highest BCUT2D eigenvalue weighted by molar-refractivity contribution is 5.95. The molecule has 146 valence electrons. The van der Waals surface area contributed by atoms with Crippen LogP contribution in [-0.2, 0) is 4.79 Å². The topological polar surface area (TPSA) is 79.9 Å². The molecule has 1 fully saturated rings. The van der Waals surface area contributed by atoms with E-state index in [-0.39, 0.29) is 42.9 Å². The zero-order chi connectivity index (χ0) is 18.4. The molecule has 0 aromatic heterocycles. The smallest absolute Gasteiger partial charge is 0.258 e. The van der Waals surface area contributed by atoms with Gasteiger partial charge in [0.05, 0.1) is 7.11 Å². The number of piperazine rings is 1. The summed E-state index contributed by atoms with van der Waals surface area (Å²) < 4.78 is 10.8. The van der Waals surface area contributed by atoms with Gasteiger partial charge < -0.3 is 25.0 Å². The van der Waals surface area contributed by atoms with E-state index in [9.17, 15) is 9.59 Å². The first-order valence-corrected chi connectivity index (χ1v) is 8.53. The number of carbonyl (C=O) groups excluding carboxylic acids is 2. The Kier molecular flexibility index (Phi) is 8.68. The van der Waals surface area contributed by atoms with E-state index in [1.165, 1.54) is 7.11 Å². The van der Waals surface area contributed by atoms with Crippen LogP contribution in [-0.4, -0.2) is 62.1 Å². The van der Waals surface area contributed by atoms with Gasteiger partial charge in [-0.3, -0.25) is 9.59 Å². The highest BCUT2D eigenvalue weighted by Gasteiger charge is 2.22. The fourth-order valence-electron chi connectivity index (χ4n) is 2.73.